The van der Waals surface area contributed by atoms with E-state index in [-0.39, 0.29) is 0 Å². The minimum Gasteiger partial charge on any atom is -0.478 e. The van der Waals surface area contributed by atoms with Gasteiger partial charge in [0.05, 0.1) is 30.6 Å². The number of nitriles is 1. The van der Waals surface area contributed by atoms with Crippen molar-refractivity contribution in [1.82, 2.24) is 15.0 Å². The Kier molecular flexibility index (Phi) is 4.87. The molecule has 2 aromatic rings. The van der Waals surface area contributed by atoms with Gasteiger partial charge in [0.2, 0.25) is 5.88 Å². The Bertz CT molecular complexity index is 783. The molecule has 4 heterocycles. The van der Waals surface area contributed by atoms with Gasteiger partial charge in [0.15, 0.2) is 0 Å². The van der Waals surface area contributed by atoms with Crippen LogP contribution in [0, 0.1) is 30.1 Å². The summed E-state index contributed by atoms with van der Waals surface area (Å²) in [6, 6.07) is 7.50. The average molecular weight is 354 g/mol. The molecule has 136 valence electrons. The summed E-state index contributed by atoms with van der Waals surface area (Å²) in [6.07, 6.45) is 2.78. The molecule has 7 nitrogen and oxygen atoms in total. The first kappa shape index (κ1) is 17.0. The van der Waals surface area contributed by atoms with E-state index in [1.165, 1.54) is 6.20 Å². The Balaban J connectivity index is 1.25. The Labute approximate surface area is 152 Å². The van der Waals surface area contributed by atoms with Crippen LogP contribution in [0.5, 0.6) is 5.88 Å². The van der Waals surface area contributed by atoms with Crippen LogP contribution in [0.4, 0.5) is 0 Å². The molecule has 0 radical (unpaired) electrons. The van der Waals surface area contributed by atoms with Crippen molar-refractivity contribution in [2.24, 2.45) is 11.8 Å². The maximum atomic E-state index is 8.79. The van der Waals surface area contributed by atoms with Gasteiger partial charge < -0.3 is 14.0 Å². The van der Waals surface area contributed by atoms with E-state index in [1.807, 2.05) is 13.0 Å². The predicted molar refractivity (Wildman–Crippen MR) is 92.3 cm³/mol. The van der Waals surface area contributed by atoms with Gasteiger partial charge in [-0.3, -0.25) is 4.90 Å². The summed E-state index contributed by atoms with van der Waals surface area (Å²) in [4.78, 5) is 6.53. The minimum atomic E-state index is 0.307. The maximum absolute atomic E-state index is 8.79. The minimum absolute atomic E-state index is 0.307. The number of rotatable bonds is 6. The van der Waals surface area contributed by atoms with Crippen LogP contribution in [0.3, 0.4) is 0 Å². The Morgan fingerprint density at radius 3 is 3.04 bits per heavy atom. The number of likely N-dealkylation sites (tertiary alicyclic amines) is 1. The second-order valence-electron chi connectivity index (χ2n) is 7.05. The lowest BCUT2D eigenvalue weighted by molar-refractivity contribution is 0.0919. The van der Waals surface area contributed by atoms with Crippen molar-refractivity contribution in [1.29, 1.82) is 5.26 Å². The molecule has 2 aromatic heterocycles. The van der Waals surface area contributed by atoms with Crippen LogP contribution >= 0.6 is 0 Å². The molecule has 2 saturated heterocycles. The molecule has 0 N–H and O–H groups in total. The van der Waals surface area contributed by atoms with Crippen molar-refractivity contribution >= 4 is 0 Å². The molecule has 0 unspecified atom stereocenters. The standard InChI is InChI=1S/C19H22N4O3/c1-13-6-16(22-26-13)9-23-10-17-15(12-25-18(17)11-23)4-5-24-19-3-2-14(7-20)8-21-19/h2-3,6,8,15,17-18H,4-5,9-12H2,1H3/t15-,17-,18-/m0/s1. The maximum Gasteiger partial charge on any atom is 0.213 e. The third kappa shape index (κ3) is 3.71. The zero-order chi connectivity index (χ0) is 17.9. The highest BCUT2D eigenvalue weighted by Gasteiger charge is 2.43. The van der Waals surface area contributed by atoms with Crippen molar-refractivity contribution in [3.63, 3.8) is 0 Å². The monoisotopic (exact) mass is 354 g/mol. The fourth-order valence-electron chi connectivity index (χ4n) is 3.87. The fourth-order valence-corrected chi connectivity index (χ4v) is 3.87. The number of hydrogen-bond acceptors (Lipinski definition) is 7. The van der Waals surface area contributed by atoms with E-state index in [0.29, 0.717) is 36.0 Å². The quantitative estimate of drug-likeness (QED) is 0.786. The van der Waals surface area contributed by atoms with Gasteiger partial charge in [-0.2, -0.15) is 5.26 Å². The summed E-state index contributed by atoms with van der Waals surface area (Å²) < 4.78 is 16.9. The van der Waals surface area contributed by atoms with E-state index >= 15 is 0 Å². The first-order chi connectivity index (χ1) is 12.7. The SMILES string of the molecule is Cc1cc(CN2C[C@H]3[C@@H](CCOc4ccc(C#N)cn4)CO[C@H]3C2)no1. The number of nitrogens with zero attached hydrogens (tertiary/aromatic N) is 4. The van der Waals surface area contributed by atoms with Gasteiger partial charge in [0, 0.05) is 43.9 Å². The molecular weight excluding hydrogens is 332 g/mol. The second kappa shape index (κ2) is 7.44. The highest BCUT2D eigenvalue weighted by Crippen LogP contribution is 2.36. The largest absolute Gasteiger partial charge is 0.478 e. The summed E-state index contributed by atoms with van der Waals surface area (Å²) in [6.45, 7) is 6.11. The molecule has 3 atom stereocenters. The van der Waals surface area contributed by atoms with Crippen molar-refractivity contribution < 1.29 is 14.0 Å². The van der Waals surface area contributed by atoms with Gasteiger partial charge in [-0.15, -0.1) is 0 Å². The van der Waals surface area contributed by atoms with Gasteiger partial charge in [-0.1, -0.05) is 5.16 Å². The van der Waals surface area contributed by atoms with E-state index in [1.54, 1.807) is 12.1 Å². The molecule has 0 spiro atoms. The predicted octanol–water partition coefficient (Wildman–Crippen LogP) is 2.17. The van der Waals surface area contributed by atoms with Gasteiger partial charge in [0.25, 0.3) is 0 Å². The van der Waals surface area contributed by atoms with E-state index < -0.39 is 0 Å². The van der Waals surface area contributed by atoms with Crippen molar-refractivity contribution in [3.05, 3.63) is 41.4 Å². The number of aryl methyl sites for hydroxylation is 1. The number of fused-ring (bicyclic) bond motifs is 1. The molecule has 0 amide bonds. The summed E-state index contributed by atoms with van der Waals surface area (Å²) >= 11 is 0. The molecule has 2 aliphatic rings. The Morgan fingerprint density at radius 2 is 2.31 bits per heavy atom. The van der Waals surface area contributed by atoms with Crippen LogP contribution in [0.2, 0.25) is 0 Å². The molecule has 4 rings (SSSR count). The Hall–Kier alpha value is -2.43. The molecule has 0 saturated carbocycles. The van der Waals surface area contributed by atoms with E-state index in [2.05, 4.69) is 21.1 Å². The van der Waals surface area contributed by atoms with Crippen molar-refractivity contribution in [2.75, 3.05) is 26.3 Å². The molecule has 0 bridgehead atoms. The molecule has 0 aromatic carbocycles. The van der Waals surface area contributed by atoms with Gasteiger partial charge in [0.1, 0.15) is 11.8 Å². The number of hydrogen-bond donors (Lipinski definition) is 0. The lowest BCUT2D eigenvalue weighted by Crippen LogP contribution is -2.24. The van der Waals surface area contributed by atoms with Crippen LogP contribution in [-0.4, -0.2) is 47.4 Å². The number of ether oxygens (including phenoxy) is 2. The first-order valence-electron chi connectivity index (χ1n) is 8.96. The molecule has 0 aliphatic carbocycles. The summed E-state index contributed by atoms with van der Waals surface area (Å²) in [5, 5.41) is 12.9. The third-order valence-electron chi connectivity index (χ3n) is 5.18. The van der Waals surface area contributed by atoms with E-state index in [9.17, 15) is 0 Å². The smallest absolute Gasteiger partial charge is 0.213 e. The topological polar surface area (TPSA) is 84.4 Å². The van der Waals surface area contributed by atoms with Crippen LogP contribution in [0.15, 0.2) is 28.9 Å². The zero-order valence-corrected chi connectivity index (χ0v) is 14.8. The van der Waals surface area contributed by atoms with Crippen LogP contribution in [0.25, 0.3) is 0 Å². The molecule has 26 heavy (non-hydrogen) atoms. The number of aromatic nitrogens is 2. The highest BCUT2D eigenvalue weighted by atomic mass is 16.5. The van der Waals surface area contributed by atoms with Crippen LogP contribution < -0.4 is 4.74 Å². The lowest BCUT2D eigenvalue weighted by atomic mass is 9.91. The Morgan fingerprint density at radius 1 is 1.38 bits per heavy atom. The second-order valence-corrected chi connectivity index (χ2v) is 7.05. The fraction of sp³-hybridized carbons (Fsp3) is 0.526. The van der Waals surface area contributed by atoms with Crippen molar-refractivity contribution in [3.8, 4) is 11.9 Å². The van der Waals surface area contributed by atoms with E-state index in [4.69, 9.17) is 19.3 Å². The lowest BCUT2D eigenvalue weighted by Gasteiger charge is -2.18. The first-order valence-corrected chi connectivity index (χ1v) is 8.96. The van der Waals surface area contributed by atoms with Gasteiger partial charge in [-0.25, -0.2) is 4.98 Å². The molecule has 2 fully saturated rings. The van der Waals surface area contributed by atoms with Crippen LogP contribution in [-0.2, 0) is 11.3 Å². The zero-order valence-electron chi connectivity index (χ0n) is 14.8. The van der Waals surface area contributed by atoms with E-state index in [0.717, 1.165) is 44.1 Å². The summed E-state index contributed by atoms with van der Waals surface area (Å²) in [7, 11) is 0. The number of pyridine rings is 1. The molecule has 2 aliphatic heterocycles. The summed E-state index contributed by atoms with van der Waals surface area (Å²) in [5.41, 5.74) is 1.52. The highest BCUT2D eigenvalue weighted by molar-refractivity contribution is 5.28. The summed E-state index contributed by atoms with van der Waals surface area (Å²) in [5.74, 6) is 2.46. The third-order valence-corrected chi connectivity index (χ3v) is 5.18. The normalized spacial score (nSPS) is 25.2. The van der Waals surface area contributed by atoms with Gasteiger partial charge in [-0.05, 0) is 25.3 Å². The van der Waals surface area contributed by atoms with Gasteiger partial charge >= 0.3 is 0 Å². The van der Waals surface area contributed by atoms with Crippen LogP contribution in [0.1, 0.15) is 23.4 Å². The molecular formula is C19H22N4O3. The van der Waals surface area contributed by atoms with Crippen molar-refractivity contribution in [2.45, 2.75) is 26.0 Å². The molecule has 7 heteroatoms. The average Bonchev–Trinajstić information content (AvgIpc) is 3.33.